The number of nitrogens with one attached hydrogen (secondary N) is 2. The molecular weight excluding hydrogens is 212 g/mol. The Morgan fingerprint density at radius 2 is 2.12 bits per heavy atom. The fourth-order valence-electron chi connectivity index (χ4n) is 2.05. The number of hydrogen-bond acceptors (Lipinski definition) is 2. The number of para-hydroxylation sites is 1. The molecule has 0 unspecified atom stereocenters. The van der Waals surface area contributed by atoms with Gasteiger partial charge in [0, 0.05) is 17.1 Å². The molecule has 0 aliphatic rings. The van der Waals surface area contributed by atoms with E-state index in [1.807, 2.05) is 38.4 Å². The Morgan fingerprint density at radius 1 is 1.41 bits per heavy atom. The molecule has 1 aromatic carbocycles. The van der Waals surface area contributed by atoms with E-state index < -0.39 is 5.54 Å². The smallest absolute Gasteiger partial charge is 0.149 e. The number of ketones is 1. The van der Waals surface area contributed by atoms with Crippen LogP contribution in [0.2, 0.25) is 0 Å². The fraction of sp³-hybridized carbons (Fsp3) is 0.357. The summed E-state index contributed by atoms with van der Waals surface area (Å²) in [6.45, 7) is 3.57. The Balaban J connectivity index is 2.38. The number of carbonyl (C=O) groups excluding carboxylic acids is 1. The van der Waals surface area contributed by atoms with Crippen LogP contribution in [0, 0.1) is 0 Å². The number of carbonyl (C=O) groups is 1. The highest BCUT2D eigenvalue weighted by Gasteiger charge is 2.28. The van der Waals surface area contributed by atoms with Crippen LogP contribution in [0.5, 0.6) is 0 Å². The van der Waals surface area contributed by atoms with E-state index in [4.69, 9.17) is 0 Å². The van der Waals surface area contributed by atoms with Crippen LogP contribution in [0.3, 0.4) is 0 Å². The molecular formula is C14H18N2O. The zero-order chi connectivity index (χ0) is 12.5. The van der Waals surface area contributed by atoms with Gasteiger partial charge in [0.25, 0.3) is 0 Å². The van der Waals surface area contributed by atoms with Crippen LogP contribution in [0.1, 0.15) is 19.4 Å². The molecule has 3 nitrogen and oxygen atoms in total. The topological polar surface area (TPSA) is 44.9 Å². The Labute approximate surface area is 101 Å². The second kappa shape index (κ2) is 4.34. The fourth-order valence-corrected chi connectivity index (χ4v) is 2.05. The highest BCUT2D eigenvalue weighted by atomic mass is 16.1. The number of H-pyrrole nitrogens is 1. The third kappa shape index (κ3) is 2.11. The third-order valence-corrected chi connectivity index (χ3v) is 3.55. The Hall–Kier alpha value is -1.61. The van der Waals surface area contributed by atoms with E-state index in [-0.39, 0.29) is 5.78 Å². The van der Waals surface area contributed by atoms with Crippen LogP contribution in [0.15, 0.2) is 30.5 Å². The highest BCUT2D eigenvalue weighted by molar-refractivity contribution is 5.88. The Morgan fingerprint density at radius 3 is 2.76 bits per heavy atom. The van der Waals surface area contributed by atoms with Crippen molar-refractivity contribution in [1.82, 2.24) is 10.3 Å². The summed E-state index contributed by atoms with van der Waals surface area (Å²) in [5, 5.41) is 4.31. The van der Waals surface area contributed by atoms with Crippen LogP contribution in [0.25, 0.3) is 10.9 Å². The first-order chi connectivity index (χ1) is 8.07. The zero-order valence-corrected chi connectivity index (χ0v) is 10.5. The standard InChI is InChI=1S/C14H18N2O/c1-10(17)14(2,15-3)8-11-9-16-13-7-5-4-6-12(11)13/h4-7,9,15-16H,8H2,1-3H3/t14-/m0/s1. The van der Waals surface area contributed by atoms with Gasteiger partial charge in [0.15, 0.2) is 0 Å². The number of likely N-dealkylation sites (N-methyl/N-ethyl adjacent to an activating group) is 1. The van der Waals surface area contributed by atoms with Crippen LogP contribution in [-0.4, -0.2) is 23.4 Å². The molecule has 2 aromatic rings. The number of aromatic nitrogens is 1. The minimum atomic E-state index is -0.495. The molecule has 2 rings (SSSR count). The van der Waals surface area contributed by atoms with Crippen LogP contribution >= 0.6 is 0 Å². The average Bonchev–Trinajstić information content (AvgIpc) is 2.72. The molecule has 0 saturated heterocycles. The second-order valence-corrected chi connectivity index (χ2v) is 4.67. The number of benzene rings is 1. The van der Waals surface area contributed by atoms with Gasteiger partial charge in [-0.05, 0) is 38.9 Å². The van der Waals surface area contributed by atoms with Gasteiger partial charge < -0.3 is 10.3 Å². The number of Topliss-reactive ketones (excluding diaryl/α,β-unsaturated/α-hetero) is 1. The molecule has 3 heteroatoms. The summed E-state index contributed by atoms with van der Waals surface area (Å²) in [6, 6.07) is 8.15. The number of fused-ring (bicyclic) bond motifs is 1. The minimum Gasteiger partial charge on any atom is -0.361 e. The van der Waals surface area contributed by atoms with Gasteiger partial charge in [-0.3, -0.25) is 4.79 Å². The van der Waals surface area contributed by atoms with Crippen molar-refractivity contribution in [3.05, 3.63) is 36.0 Å². The van der Waals surface area contributed by atoms with E-state index >= 15 is 0 Å². The first kappa shape index (κ1) is 11.9. The van der Waals surface area contributed by atoms with Crippen LogP contribution in [-0.2, 0) is 11.2 Å². The molecule has 0 saturated carbocycles. The van der Waals surface area contributed by atoms with Crippen molar-refractivity contribution in [3.8, 4) is 0 Å². The van der Waals surface area contributed by atoms with E-state index in [0.717, 1.165) is 5.52 Å². The van der Waals surface area contributed by atoms with E-state index in [1.54, 1.807) is 6.92 Å². The molecule has 0 radical (unpaired) electrons. The molecule has 1 heterocycles. The lowest BCUT2D eigenvalue weighted by Crippen LogP contribution is -2.48. The monoisotopic (exact) mass is 230 g/mol. The van der Waals surface area contributed by atoms with E-state index in [1.165, 1.54) is 10.9 Å². The molecule has 1 aromatic heterocycles. The summed E-state index contributed by atoms with van der Waals surface area (Å²) in [5.74, 6) is 0.158. The van der Waals surface area contributed by atoms with Crippen molar-refractivity contribution >= 4 is 16.7 Å². The van der Waals surface area contributed by atoms with Crippen molar-refractivity contribution < 1.29 is 4.79 Å². The predicted molar refractivity (Wildman–Crippen MR) is 70.1 cm³/mol. The van der Waals surface area contributed by atoms with Gasteiger partial charge in [0.2, 0.25) is 0 Å². The van der Waals surface area contributed by atoms with Crippen LogP contribution in [0.4, 0.5) is 0 Å². The molecule has 90 valence electrons. The first-order valence-electron chi connectivity index (χ1n) is 5.82. The molecule has 0 spiro atoms. The van der Waals surface area contributed by atoms with Crippen LogP contribution < -0.4 is 5.32 Å². The van der Waals surface area contributed by atoms with E-state index in [2.05, 4.69) is 16.4 Å². The number of aromatic amines is 1. The third-order valence-electron chi connectivity index (χ3n) is 3.55. The summed E-state index contributed by atoms with van der Waals surface area (Å²) in [6.07, 6.45) is 2.69. The highest BCUT2D eigenvalue weighted by Crippen LogP contribution is 2.22. The maximum absolute atomic E-state index is 11.7. The maximum atomic E-state index is 11.7. The van der Waals surface area contributed by atoms with Gasteiger partial charge >= 0.3 is 0 Å². The SMILES string of the molecule is CN[C@@](C)(Cc1c[nH]c2ccccc12)C(C)=O. The molecule has 17 heavy (non-hydrogen) atoms. The second-order valence-electron chi connectivity index (χ2n) is 4.67. The van der Waals surface area contributed by atoms with Crippen molar-refractivity contribution in [2.75, 3.05) is 7.05 Å². The van der Waals surface area contributed by atoms with E-state index in [9.17, 15) is 4.79 Å². The van der Waals surface area contributed by atoms with Gasteiger partial charge in [-0.2, -0.15) is 0 Å². The Bertz CT molecular complexity index is 544. The zero-order valence-electron chi connectivity index (χ0n) is 10.5. The van der Waals surface area contributed by atoms with Gasteiger partial charge in [0.1, 0.15) is 5.78 Å². The molecule has 0 aliphatic heterocycles. The normalized spacial score (nSPS) is 14.8. The average molecular weight is 230 g/mol. The summed E-state index contributed by atoms with van der Waals surface area (Å²) in [5.41, 5.74) is 1.79. The summed E-state index contributed by atoms with van der Waals surface area (Å²) in [4.78, 5) is 14.9. The number of hydrogen-bond donors (Lipinski definition) is 2. The summed E-state index contributed by atoms with van der Waals surface area (Å²) >= 11 is 0. The summed E-state index contributed by atoms with van der Waals surface area (Å²) in [7, 11) is 1.83. The number of rotatable bonds is 4. The van der Waals surface area contributed by atoms with Crippen molar-refractivity contribution in [2.45, 2.75) is 25.8 Å². The minimum absolute atomic E-state index is 0.158. The summed E-state index contributed by atoms with van der Waals surface area (Å²) < 4.78 is 0. The lowest BCUT2D eigenvalue weighted by atomic mass is 9.89. The molecule has 1 atom stereocenters. The lowest BCUT2D eigenvalue weighted by Gasteiger charge is -2.25. The molecule has 0 fully saturated rings. The quantitative estimate of drug-likeness (QED) is 0.846. The molecule has 0 amide bonds. The largest absolute Gasteiger partial charge is 0.361 e. The molecule has 0 bridgehead atoms. The van der Waals surface area contributed by atoms with Gasteiger partial charge in [-0.15, -0.1) is 0 Å². The van der Waals surface area contributed by atoms with Gasteiger partial charge in [-0.1, -0.05) is 18.2 Å². The lowest BCUT2D eigenvalue weighted by molar-refractivity contribution is -0.122. The van der Waals surface area contributed by atoms with Crippen molar-refractivity contribution in [2.24, 2.45) is 0 Å². The first-order valence-corrected chi connectivity index (χ1v) is 5.82. The van der Waals surface area contributed by atoms with E-state index in [0.29, 0.717) is 6.42 Å². The van der Waals surface area contributed by atoms with Crippen molar-refractivity contribution in [3.63, 3.8) is 0 Å². The molecule has 0 aliphatic carbocycles. The van der Waals surface area contributed by atoms with Gasteiger partial charge in [0.05, 0.1) is 5.54 Å². The Kier molecular flexibility index (Phi) is 3.03. The molecule has 2 N–H and O–H groups in total. The van der Waals surface area contributed by atoms with Crippen molar-refractivity contribution in [1.29, 1.82) is 0 Å². The predicted octanol–water partition coefficient (Wildman–Crippen LogP) is 2.28. The maximum Gasteiger partial charge on any atom is 0.149 e. The van der Waals surface area contributed by atoms with Gasteiger partial charge in [-0.25, -0.2) is 0 Å².